The molecule has 1 aliphatic rings. The molecule has 138 valence electrons. The fourth-order valence-corrected chi connectivity index (χ4v) is 2.62. The van der Waals surface area contributed by atoms with E-state index in [-0.39, 0.29) is 24.6 Å². The normalized spacial score (nSPS) is 14.3. The Morgan fingerprint density at radius 2 is 2.04 bits per heavy atom. The van der Waals surface area contributed by atoms with Crippen molar-refractivity contribution in [1.82, 2.24) is 24.8 Å². The first-order chi connectivity index (χ1) is 12.5. The highest BCUT2D eigenvalue weighted by Crippen LogP contribution is 2.11. The number of morpholine rings is 1. The number of nitrogens with zero attached hydrogens (tertiary/aromatic N) is 5. The molecule has 9 nitrogen and oxygen atoms in total. The van der Waals surface area contributed by atoms with Crippen molar-refractivity contribution in [3.05, 3.63) is 46.0 Å². The number of aryl methyl sites for hydroxylation is 1. The fourth-order valence-electron chi connectivity index (χ4n) is 2.62. The molecule has 1 saturated heterocycles. The van der Waals surface area contributed by atoms with Gasteiger partial charge in [0, 0.05) is 30.5 Å². The number of hydrogen-bond acceptors (Lipinski definition) is 7. The summed E-state index contributed by atoms with van der Waals surface area (Å²) in [6.45, 7) is 6.49. The molecule has 2 aromatic heterocycles. The molecular formula is C17H22N6O3. The Balaban J connectivity index is 1.59. The SMILES string of the molecule is Cc1ncn(CC(=O)NCc2nccc(N3CCOCC3)n2)c(=O)c1C. The Kier molecular flexibility index (Phi) is 5.57. The van der Waals surface area contributed by atoms with Crippen molar-refractivity contribution in [2.24, 2.45) is 0 Å². The zero-order valence-corrected chi connectivity index (χ0v) is 14.9. The lowest BCUT2D eigenvalue weighted by molar-refractivity contribution is -0.121. The third-order valence-electron chi connectivity index (χ3n) is 4.30. The van der Waals surface area contributed by atoms with Gasteiger partial charge in [-0.25, -0.2) is 15.0 Å². The number of nitrogens with one attached hydrogen (secondary N) is 1. The second-order valence-corrected chi connectivity index (χ2v) is 6.10. The van der Waals surface area contributed by atoms with E-state index in [1.807, 2.05) is 6.07 Å². The highest BCUT2D eigenvalue weighted by Gasteiger charge is 2.13. The zero-order chi connectivity index (χ0) is 18.5. The minimum absolute atomic E-state index is 0.0872. The molecule has 3 rings (SSSR count). The summed E-state index contributed by atoms with van der Waals surface area (Å²) in [5.74, 6) is 1.05. The molecule has 2 aromatic rings. The number of carbonyl (C=O) groups is 1. The van der Waals surface area contributed by atoms with Crippen LogP contribution in [0.15, 0.2) is 23.4 Å². The van der Waals surface area contributed by atoms with Crippen LogP contribution >= 0.6 is 0 Å². The van der Waals surface area contributed by atoms with Gasteiger partial charge in [0.1, 0.15) is 18.2 Å². The Hall–Kier alpha value is -2.81. The lowest BCUT2D eigenvalue weighted by atomic mass is 10.3. The molecule has 0 radical (unpaired) electrons. The molecule has 0 saturated carbocycles. The van der Waals surface area contributed by atoms with Gasteiger partial charge in [0.15, 0.2) is 0 Å². The molecule has 0 unspecified atom stereocenters. The average Bonchev–Trinajstić information content (AvgIpc) is 2.68. The maximum absolute atomic E-state index is 12.1. The van der Waals surface area contributed by atoms with Gasteiger partial charge in [-0.05, 0) is 19.9 Å². The van der Waals surface area contributed by atoms with Crippen LogP contribution in [0, 0.1) is 13.8 Å². The summed E-state index contributed by atoms with van der Waals surface area (Å²) in [6.07, 6.45) is 3.07. The maximum Gasteiger partial charge on any atom is 0.256 e. The monoisotopic (exact) mass is 358 g/mol. The van der Waals surface area contributed by atoms with Crippen molar-refractivity contribution in [1.29, 1.82) is 0 Å². The molecule has 1 N–H and O–H groups in total. The van der Waals surface area contributed by atoms with Crippen LogP contribution in [0.3, 0.4) is 0 Å². The van der Waals surface area contributed by atoms with Gasteiger partial charge in [0.2, 0.25) is 5.91 Å². The van der Waals surface area contributed by atoms with Crippen molar-refractivity contribution in [3.8, 4) is 0 Å². The standard InChI is InChI=1S/C17H22N6O3/c1-12-13(2)20-11-23(17(12)25)10-16(24)19-9-14-18-4-3-15(21-14)22-5-7-26-8-6-22/h3-4,11H,5-10H2,1-2H3,(H,19,24). The van der Waals surface area contributed by atoms with Gasteiger partial charge in [-0.2, -0.15) is 0 Å². The van der Waals surface area contributed by atoms with E-state index in [1.54, 1.807) is 20.0 Å². The minimum atomic E-state index is -0.294. The van der Waals surface area contributed by atoms with Crippen molar-refractivity contribution >= 4 is 11.7 Å². The largest absolute Gasteiger partial charge is 0.378 e. The number of ether oxygens (including phenoxy) is 1. The van der Waals surface area contributed by atoms with E-state index in [0.29, 0.717) is 30.3 Å². The van der Waals surface area contributed by atoms with E-state index in [1.165, 1.54) is 10.9 Å². The Bertz CT molecular complexity index is 845. The van der Waals surface area contributed by atoms with E-state index in [4.69, 9.17) is 4.74 Å². The number of carbonyl (C=O) groups excluding carboxylic acids is 1. The van der Waals surface area contributed by atoms with Gasteiger partial charge in [-0.1, -0.05) is 0 Å². The van der Waals surface area contributed by atoms with Crippen LogP contribution in [0.2, 0.25) is 0 Å². The van der Waals surface area contributed by atoms with Crippen LogP contribution in [-0.2, 0) is 22.6 Å². The molecule has 0 spiro atoms. The van der Waals surface area contributed by atoms with Gasteiger partial charge in [0.05, 0.1) is 26.1 Å². The lowest BCUT2D eigenvalue weighted by Crippen LogP contribution is -2.37. The zero-order valence-electron chi connectivity index (χ0n) is 14.9. The van der Waals surface area contributed by atoms with Crippen molar-refractivity contribution in [2.45, 2.75) is 26.9 Å². The first-order valence-corrected chi connectivity index (χ1v) is 8.48. The molecule has 1 aliphatic heterocycles. The molecule has 1 fully saturated rings. The van der Waals surface area contributed by atoms with Crippen LogP contribution in [0.4, 0.5) is 5.82 Å². The molecule has 0 atom stereocenters. The first kappa shape index (κ1) is 18.0. The molecular weight excluding hydrogens is 336 g/mol. The molecule has 9 heteroatoms. The predicted molar refractivity (Wildman–Crippen MR) is 94.9 cm³/mol. The van der Waals surface area contributed by atoms with E-state index >= 15 is 0 Å². The number of anilines is 1. The number of rotatable bonds is 5. The van der Waals surface area contributed by atoms with Gasteiger partial charge >= 0.3 is 0 Å². The van der Waals surface area contributed by atoms with Crippen LogP contribution in [0.5, 0.6) is 0 Å². The molecule has 0 aliphatic carbocycles. The van der Waals surface area contributed by atoms with Crippen LogP contribution in [-0.4, -0.2) is 51.7 Å². The highest BCUT2D eigenvalue weighted by atomic mass is 16.5. The molecule has 1 amide bonds. The van der Waals surface area contributed by atoms with Crippen molar-refractivity contribution in [2.75, 3.05) is 31.2 Å². The van der Waals surface area contributed by atoms with Crippen LogP contribution in [0.1, 0.15) is 17.1 Å². The summed E-state index contributed by atoms with van der Waals surface area (Å²) in [4.78, 5) is 39.2. The topological polar surface area (TPSA) is 102 Å². The summed E-state index contributed by atoms with van der Waals surface area (Å²) >= 11 is 0. The van der Waals surface area contributed by atoms with Gasteiger partial charge in [-0.3, -0.25) is 14.2 Å². The summed E-state index contributed by atoms with van der Waals surface area (Å²) in [6, 6.07) is 1.84. The fraction of sp³-hybridized carbons (Fsp3) is 0.471. The summed E-state index contributed by atoms with van der Waals surface area (Å²) in [7, 11) is 0. The molecule has 0 bridgehead atoms. The second kappa shape index (κ2) is 8.05. The lowest BCUT2D eigenvalue weighted by Gasteiger charge is -2.27. The first-order valence-electron chi connectivity index (χ1n) is 8.48. The molecule has 26 heavy (non-hydrogen) atoms. The summed E-state index contributed by atoms with van der Waals surface area (Å²) in [5.41, 5.74) is 1.00. The third-order valence-corrected chi connectivity index (χ3v) is 4.30. The van der Waals surface area contributed by atoms with E-state index in [9.17, 15) is 9.59 Å². The maximum atomic E-state index is 12.1. The predicted octanol–water partition coefficient (Wildman–Crippen LogP) is -0.197. The minimum Gasteiger partial charge on any atom is -0.378 e. The summed E-state index contributed by atoms with van der Waals surface area (Å²) < 4.78 is 6.63. The third kappa shape index (κ3) is 4.23. The Morgan fingerprint density at radius 3 is 2.81 bits per heavy atom. The summed E-state index contributed by atoms with van der Waals surface area (Å²) in [5, 5.41) is 2.74. The quantitative estimate of drug-likeness (QED) is 0.790. The van der Waals surface area contributed by atoms with Gasteiger partial charge < -0.3 is 15.0 Å². The van der Waals surface area contributed by atoms with E-state index < -0.39 is 0 Å². The molecule has 0 aromatic carbocycles. The van der Waals surface area contributed by atoms with Crippen molar-refractivity contribution in [3.63, 3.8) is 0 Å². The molecule has 3 heterocycles. The Labute approximate surface area is 151 Å². The van der Waals surface area contributed by atoms with E-state index in [2.05, 4.69) is 25.2 Å². The highest BCUT2D eigenvalue weighted by molar-refractivity contribution is 5.75. The van der Waals surface area contributed by atoms with Crippen LogP contribution in [0.25, 0.3) is 0 Å². The Morgan fingerprint density at radius 1 is 1.27 bits per heavy atom. The van der Waals surface area contributed by atoms with Gasteiger partial charge in [0.25, 0.3) is 5.56 Å². The van der Waals surface area contributed by atoms with Crippen LogP contribution < -0.4 is 15.8 Å². The smallest absolute Gasteiger partial charge is 0.256 e. The number of aromatic nitrogens is 4. The van der Waals surface area contributed by atoms with Gasteiger partial charge in [-0.15, -0.1) is 0 Å². The second-order valence-electron chi connectivity index (χ2n) is 6.10. The number of amides is 1. The number of hydrogen-bond donors (Lipinski definition) is 1. The van der Waals surface area contributed by atoms with E-state index in [0.717, 1.165) is 18.9 Å². The van der Waals surface area contributed by atoms with Crippen molar-refractivity contribution < 1.29 is 9.53 Å². The average molecular weight is 358 g/mol.